The highest BCUT2D eigenvalue weighted by Crippen LogP contribution is 2.64. The Labute approximate surface area is 330 Å². The summed E-state index contributed by atoms with van der Waals surface area (Å²) in [7, 11) is 0. The van der Waals surface area contributed by atoms with E-state index in [9.17, 15) is 4.79 Å². The molecule has 1 nitrogen and oxygen atoms in total. The number of rotatable bonds is 7. The Balaban J connectivity index is 0.000000108. The summed E-state index contributed by atoms with van der Waals surface area (Å²) in [6, 6.07) is 0. The molecule has 0 unspecified atom stereocenters. The third kappa shape index (κ3) is 9.69. The molecule has 0 aromatic rings. The number of hydrogen-bond donors (Lipinski definition) is 0. The van der Waals surface area contributed by atoms with Gasteiger partial charge < -0.3 is 0 Å². The zero-order chi connectivity index (χ0) is 37.5. The van der Waals surface area contributed by atoms with Crippen molar-refractivity contribution in [2.75, 3.05) is 0 Å². The lowest BCUT2D eigenvalue weighted by molar-refractivity contribution is -0.147. The minimum atomic E-state index is 0.142. The fourth-order valence-corrected chi connectivity index (χ4v) is 16.7. The standard InChI is InChI=1S/C14H22O.C14H24.C13H22.C6H12.C5H10/c1-9(2)13(15)14-6-10-3-11(7-14)5-12(4-10)8-14;1-10(2)6-14-7-11-3-12(8-14)5-13(4-11)9-14;1-9(2)13-6-10-3-11(7-13)5-12(4-10)8-13;1-2-6-4-3-5-6;1-2-5-3-4-5/h9-12H,3-8H2,1-2H3;10-13H,3-9H2,1-2H3;9-12H,3-8H2,1-2H3;6H,2-5H2,1H3;5H,2-4H2,1H3. The third-order valence-corrected chi connectivity index (χ3v) is 18.5. The molecule has 0 N–H and O–H groups in total. The molecule has 304 valence electrons. The second kappa shape index (κ2) is 16.9. The summed E-state index contributed by atoms with van der Waals surface area (Å²) in [5, 5.41) is 0. The zero-order valence-corrected chi connectivity index (χ0v) is 36.9. The normalized spacial score (nSPS) is 44.7. The molecule has 0 aromatic carbocycles. The van der Waals surface area contributed by atoms with Gasteiger partial charge in [0, 0.05) is 11.3 Å². The van der Waals surface area contributed by atoms with Crippen molar-refractivity contribution in [1.82, 2.24) is 0 Å². The second-order valence-electron chi connectivity index (χ2n) is 24.2. The first kappa shape index (κ1) is 40.9. The molecule has 14 saturated carbocycles. The predicted octanol–water partition coefficient (Wildman–Crippen LogP) is 15.5. The van der Waals surface area contributed by atoms with Gasteiger partial charge in [0.2, 0.25) is 0 Å². The average molecular weight is 731 g/mol. The smallest absolute Gasteiger partial charge is 0.141 e. The van der Waals surface area contributed by atoms with Crippen molar-refractivity contribution in [1.29, 1.82) is 0 Å². The van der Waals surface area contributed by atoms with E-state index < -0.39 is 0 Å². The van der Waals surface area contributed by atoms with Crippen molar-refractivity contribution >= 4 is 5.78 Å². The fourth-order valence-electron chi connectivity index (χ4n) is 16.7. The SMILES string of the molecule is CC(C)C(=O)C12CC3CC(CC(C3)C1)C2.CC(C)C12CC3CC(CC(C3)C1)C2.CC(C)CC12CC3CC(CC(C3)C1)C2.CCC1CC1.CCC1CCC1. The Bertz CT molecular complexity index is 1060. The molecule has 14 fully saturated rings. The van der Waals surface area contributed by atoms with E-state index in [0.29, 0.717) is 5.78 Å². The van der Waals surface area contributed by atoms with E-state index in [1.54, 1.807) is 77.0 Å². The molecule has 0 spiro atoms. The molecule has 14 rings (SSSR count). The molecule has 53 heavy (non-hydrogen) atoms. The highest BCUT2D eigenvalue weighted by Gasteiger charge is 2.55. The minimum Gasteiger partial charge on any atom is -0.299 e. The summed E-state index contributed by atoms with van der Waals surface area (Å²) in [6.07, 6.45) is 39.0. The third-order valence-electron chi connectivity index (χ3n) is 18.5. The van der Waals surface area contributed by atoms with E-state index in [2.05, 4.69) is 55.4 Å². The summed E-state index contributed by atoms with van der Waals surface area (Å²) in [6.45, 7) is 18.5. The molecule has 14 aliphatic rings. The quantitative estimate of drug-likeness (QED) is 0.255. The Kier molecular flexibility index (Phi) is 13.0. The van der Waals surface area contributed by atoms with Gasteiger partial charge in [0.15, 0.2) is 0 Å². The van der Waals surface area contributed by atoms with E-state index >= 15 is 0 Å². The Morgan fingerprint density at radius 2 is 0.830 bits per heavy atom. The van der Waals surface area contributed by atoms with Crippen LogP contribution in [0.5, 0.6) is 0 Å². The summed E-state index contributed by atoms with van der Waals surface area (Å²) >= 11 is 0. The number of Topliss-reactive ketones (excluding diaryl/α,β-unsaturated/α-hetero) is 1. The first-order valence-electron chi connectivity index (χ1n) is 24.8. The first-order valence-corrected chi connectivity index (χ1v) is 24.8. The van der Waals surface area contributed by atoms with Crippen LogP contribution in [0.1, 0.15) is 222 Å². The van der Waals surface area contributed by atoms with Crippen LogP contribution >= 0.6 is 0 Å². The van der Waals surface area contributed by atoms with Crippen molar-refractivity contribution < 1.29 is 4.79 Å². The highest BCUT2D eigenvalue weighted by atomic mass is 16.1. The van der Waals surface area contributed by atoms with Crippen LogP contribution in [0.3, 0.4) is 0 Å². The van der Waals surface area contributed by atoms with Crippen LogP contribution in [-0.2, 0) is 4.79 Å². The van der Waals surface area contributed by atoms with Crippen LogP contribution < -0.4 is 0 Å². The van der Waals surface area contributed by atoms with Gasteiger partial charge in [-0.25, -0.2) is 0 Å². The molecular weight excluding hydrogens is 641 g/mol. The van der Waals surface area contributed by atoms with Crippen molar-refractivity contribution in [3.63, 3.8) is 0 Å². The predicted molar refractivity (Wildman–Crippen MR) is 227 cm³/mol. The number of carbonyl (C=O) groups is 1. The lowest BCUT2D eigenvalue weighted by atomic mass is 9.47. The molecule has 0 amide bonds. The van der Waals surface area contributed by atoms with Gasteiger partial charge in [-0.1, -0.05) is 100 Å². The molecule has 0 aliphatic heterocycles. The monoisotopic (exact) mass is 731 g/mol. The largest absolute Gasteiger partial charge is 0.299 e. The van der Waals surface area contributed by atoms with E-state index in [-0.39, 0.29) is 11.3 Å². The molecule has 0 atom stereocenters. The van der Waals surface area contributed by atoms with E-state index in [4.69, 9.17) is 0 Å². The fraction of sp³-hybridized carbons (Fsp3) is 0.981. The molecular formula is C52H90O. The molecule has 0 saturated heterocycles. The maximum Gasteiger partial charge on any atom is 0.141 e. The van der Waals surface area contributed by atoms with Gasteiger partial charge >= 0.3 is 0 Å². The lowest BCUT2D eigenvalue weighted by Gasteiger charge is -2.58. The summed E-state index contributed by atoms with van der Waals surface area (Å²) in [5.74, 6) is 14.5. The van der Waals surface area contributed by atoms with Gasteiger partial charge in [0.05, 0.1) is 0 Å². The molecule has 0 radical (unpaired) electrons. The van der Waals surface area contributed by atoms with Gasteiger partial charge in [-0.05, 0) is 210 Å². The van der Waals surface area contributed by atoms with E-state index in [1.165, 1.54) is 89.9 Å². The highest BCUT2D eigenvalue weighted by molar-refractivity contribution is 5.87. The molecule has 0 aromatic heterocycles. The summed E-state index contributed by atoms with van der Waals surface area (Å²) in [4.78, 5) is 12.4. The van der Waals surface area contributed by atoms with Crippen LogP contribution in [-0.4, -0.2) is 5.78 Å². The maximum atomic E-state index is 12.4. The number of hydrogen-bond acceptors (Lipinski definition) is 1. The van der Waals surface area contributed by atoms with E-state index in [0.717, 1.165) is 87.8 Å². The van der Waals surface area contributed by atoms with Crippen molar-refractivity contribution in [2.45, 2.75) is 222 Å². The summed E-state index contributed by atoms with van der Waals surface area (Å²) < 4.78 is 0. The lowest BCUT2D eigenvalue weighted by Crippen LogP contribution is -2.51. The average Bonchev–Trinajstić information content (AvgIpc) is 3.88. The van der Waals surface area contributed by atoms with Crippen molar-refractivity contribution in [2.24, 2.45) is 99.1 Å². The van der Waals surface area contributed by atoms with Crippen LogP contribution in [0.25, 0.3) is 0 Å². The van der Waals surface area contributed by atoms with Gasteiger partial charge in [-0.15, -0.1) is 0 Å². The molecule has 0 heterocycles. The molecule has 12 bridgehead atoms. The van der Waals surface area contributed by atoms with Crippen LogP contribution in [0.15, 0.2) is 0 Å². The number of carbonyl (C=O) groups excluding carboxylic acids is 1. The Hall–Kier alpha value is -0.330. The Morgan fingerprint density at radius 1 is 0.491 bits per heavy atom. The zero-order valence-electron chi connectivity index (χ0n) is 36.9. The van der Waals surface area contributed by atoms with Gasteiger partial charge in [0.1, 0.15) is 5.78 Å². The molecule has 14 aliphatic carbocycles. The van der Waals surface area contributed by atoms with Crippen LogP contribution in [0.2, 0.25) is 0 Å². The number of ketones is 1. The maximum absolute atomic E-state index is 12.4. The van der Waals surface area contributed by atoms with Gasteiger partial charge in [-0.3, -0.25) is 4.79 Å². The van der Waals surface area contributed by atoms with Gasteiger partial charge in [0.25, 0.3) is 0 Å². The minimum absolute atomic E-state index is 0.142. The second-order valence-corrected chi connectivity index (χ2v) is 24.2. The topological polar surface area (TPSA) is 17.1 Å². The van der Waals surface area contributed by atoms with Crippen molar-refractivity contribution in [3.05, 3.63) is 0 Å². The first-order chi connectivity index (χ1) is 25.3. The Morgan fingerprint density at radius 3 is 1.06 bits per heavy atom. The van der Waals surface area contributed by atoms with Crippen molar-refractivity contribution in [3.8, 4) is 0 Å². The van der Waals surface area contributed by atoms with E-state index in [1.807, 2.05) is 0 Å². The van der Waals surface area contributed by atoms with Gasteiger partial charge in [-0.2, -0.15) is 0 Å². The van der Waals surface area contributed by atoms with Crippen LogP contribution in [0.4, 0.5) is 0 Å². The molecule has 1 heteroatoms. The van der Waals surface area contributed by atoms with Crippen LogP contribution in [0, 0.1) is 99.1 Å². The summed E-state index contributed by atoms with van der Waals surface area (Å²) in [5.41, 5.74) is 1.76.